The zero-order valence-corrected chi connectivity index (χ0v) is 23.1. The van der Waals surface area contributed by atoms with Gasteiger partial charge in [-0.2, -0.15) is 0 Å². The van der Waals surface area contributed by atoms with E-state index in [-0.39, 0.29) is 29.0 Å². The van der Waals surface area contributed by atoms with E-state index in [0.29, 0.717) is 23.5 Å². The van der Waals surface area contributed by atoms with E-state index in [1.807, 2.05) is 0 Å². The van der Waals surface area contributed by atoms with E-state index in [4.69, 9.17) is 9.47 Å². The molecule has 1 N–H and O–H groups in total. The van der Waals surface area contributed by atoms with E-state index in [9.17, 15) is 24.3 Å². The summed E-state index contributed by atoms with van der Waals surface area (Å²) >= 11 is 0. The molecule has 0 aliphatic carbocycles. The molecule has 0 aromatic heterocycles. The Balaban J connectivity index is 1.55. The number of benzene rings is 3. The molecule has 3 aromatic rings. The van der Waals surface area contributed by atoms with Crippen molar-refractivity contribution in [1.29, 1.82) is 0 Å². The second kappa shape index (κ2) is 15.7. The number of hydrogen-bond acceptors (Lipinski definition) is 7. The average molecular weight is 560 g/mol. The van der Waals surface area contributed by atoms with E-state index in [1.54, 1.807) is 36.4 Å². The van der Waals surface area contributed by atoms with Gasteiger partial charge in [-0.05, 0) is 72.6 Å². The summed E-state index contributed by atoms with van der Waals surface area (Å²) in [7, 11) is 1.24. The summed E-state index contributed by atoms with van der Waals surface area (Å²) in [6.45, 7) is 2.81. The van der Waals surface area contributed by atoms with Crippen molar-refractivity contribution in [2.75, 3.05) is 13.7 Å². The van der Waals surface area contributed by atoms with Crippen LogP contribution in [0.3, 0.4) is 0 Å². The van der Waals surface area contributed by atoms with Gasteiger partial charge in [-0.3, -0.25) is 4.79 Å². The summed E-state index contributed by atoms with van der Waals surface area (Å²) in [6.07, 6.45) is 5.62. The number of carbonyl (C=O) groups excluding carboxylic acids is 3. The Morgan fingerprint density at radius 2 is 1.27 bits per heavy atom. The topological polar surface area (TPSA) is 129 Å². The first kappa shape index (κ1) is 30.7. The number of hydrogen-bond donors (Lipinski definition) is 1. The highest BCUT2D eigenvalue weighted by Crippen LogP contribution is 2.18. The summed E-state index contributed by atoms with van der Waals surface area (Å²) in [5.74, 6) is -2.23. The lowest BCUT2D eigenvalue weighted by atomic mass is 10.1. The molecule has 0 saturated heterocycles. The molecular formula is C32H33NO8. The standard InChI is InChI=1S/C32H33NO8/c1-3-4-5-6-7-20-40-26-18-14-25(15-19-26)32(38)41-27-16-8-22(9-17-27)21-28(30(35)36)33-29(34)23-10-12-24(13-11-23)31(37)39-2/h8-19H,3-7,20-21H2,1-2H3,(H,35,36). The van der Waals surface area contributed by atoms with E-state index >= 15 is 0 Å². The van der Waals surface area contributed by atoms with Crippen LogP contribution in [0.4, 0.5) is 0 Å². The average Bonchev–Trinajstić information content (AvgIpc) is 2.99. The number of carbonyl (C=O) groups is 4. The molecule has 0 aliphatic heterocycles. The van der Waals surface area contributed by atoms with E-state index in [0.717, 1.165) is 12.8 Å². The molecule has 0 radical (unpaired) electrons. The zero-order chi connectivity index (χ0) is 29.6. The molecule has 0 saturated carbocycles. The van der Waals surface area contributed by atoms with E-state index in [2.05, 4.69) is 16.7 Å². The van der Waals surface area contributed by atoms with Crippen LogP contribution >= 0.6 is 0 Å². The maximum absolute atomic E-state index is 12.5. The van der Waals surface area contributed by atoms with Gasteiger partial charge < -0.3 is 19.3 Å². The van der Waals surface area contributed by atoms with Gasteiger partial charge in [0.15, 0.2) is 0 Å². The number of aliphatic imine (C=N–C) groups is 1. The lowest BCUT2D eigenvalue weighted by molar-refractivity contribution is -0.129. The predicted molar refractivity (Wildman–Crippen MR) is 153 cm³/mol. The second-order valence-electron chi connectivity index (χ2n) is 9.24. The van der Waals surface area contributed by atoms with Crippen LogP contribution in [0.2, 0.25) is 0 Å². The number of aliphatic carboxylic acids is 1. The molecule has 0 bridgehead atoms. The van der Waals surface area contributed by atoms with Gasteiger partial charge in [-0.15, -0.1) is 0 Å². The Labute approximate surface area is 238 Å². The summed E-state index contributed by atoms with van der Waals surface area (Å²) in [6, 6.07) is 18.5. The monoisotopic (exact) mass is 559 g/mol. The summed E-state index contributed by atoms with van der Waals surface area (Å²) < 4.78 is 15.8. The number of rotatable bonds is 14. The van der Waals surface area contributed by atoms with Gasteiger partial charge in [0, 0.05) is 12.0 Å². The smallest absolute Gasteiger partial charge is 0.350 e. The van der Waals surface area contributed by atoms with Gasteiger partial charge >= 0.3 is 17.9 Å². The second-order valence-corrected chi connectivity index (χ2v) is 9.24. The molecule has 0 aliphatic rings. The minimum Gasteiger partial charge on any atom is -0.494 e. The number of nitrogens with zero attached hydrogens (tertiary/aromatic N) is 1. The molecular weight excluding hydrogens is 526 g/mol. The SMILES string of the molecule is CCCCCCCOc1ccc(C(=O)Oc2ccc(CC(=NC(=O)c3ccc(C(=O)OC)cc3)C(=O)O)cc2)cc1. The van der Waals surface area contributed by atoms with Gasteiger partial charge in [0.1, 0.15) is 17.2 Å². The van der Waals surface area contributed by atoms with Crippen molar-refractivity contribution >= 4 is 29.5 Å². The van der Waals surface area contributed by atoms with Crippen LogP contribution in [-0.4, -0.2) is 48.3 Å². The number of methoxy groups -OCH3 is 1. The molecule has 41 heavy (non-hydrogen) atoms. The highest BCUT2D eigenvalue weighted by molar-refractivity contribution is 6.38. The summed E-state index contributed by atoms with van der Waals surface area (Å²) in [5, 5.41) is 9.57. The summed E-state index contributed by atoms with van der Waals surface area (Å²) in [5.41, 5.74) is 0.932. The fourth-order valence-electron chi connectivity index (χ4n) is 3.83. The van der Waals surface area contributed by atoms with Crippen molar-refractivity contribution in [2.45, 2.75) is 45.4 Å². The van der Waals surface area contributed by atoms with E-state index in [1.165, 1.54) is 62.8 Å². The van der Waals surface area contributed by atoms with Crippen LogP contribution in [0.15, 0.2) is 77.8 Å². The van der Waals surface area contributed by atoms with Crippen LogP contribution < -0.4 is 9.47 Å². The van der Waals surface area contributed by atoms with Crippen LogP contribution in [0.25, 0.3) is 0 Å². The molecule has 9 nitrogen and oxygen atoms in total. The first-order valence-corrected chi connectivity index (χ1v) is 13.4. The van der Waals surface area contributed by atoms with Gasteiger partial charge in [-0.25, -0.2) is 19.4 Å². The first-order valence-electron chi connectivity index (χ1n) is 13.4. The van der Waals surface area contributed by atoms with Crippen molar-refractivity contribution in [1.82, 2.24) is 0 Å². The Bertz CT molecular complexity index is 1360. The fourth-order valence-corrected chi connectivity index (χ4v) is 3.83. The summed E-state index contributed by atoms with van der Waals surface area (Å²) in [4.78, 5) is 52.1. The Morgan fingerprint density at radius 1 is 0.707 bits per heavy atom. The number of carboxylic acids is 1. The minimum atomic E-state index is -1.34. The Hall–Kier alpha value is -4.79. The molecule has 1 amide bonds. The molecule has 0 fully saturated rings. The first-order chi connectivity index (χ1) is 19.8. The van der Waals surface area contributed by atoms with Crippen LogP contribution in [0.1, 0.15) is 75.7 Å². The zero-order valence-electron chi connectivity index (χ0n) is 23.1. The van der Waals surface area contributed by atoms with Gasteiger partial charge in [-0.1, -0.05) is 44.7 Å². The molecule has 3 rings (SSSR count). The third-order valence-electron chi connectivity index (χ3n) is 6.15. The highest BCUT2D eigenvalue weighted by atomic mass is 16.5. The molecule has 0 spiro atoms. The van der Waals surface area contributed by atoms with Crippen LogP contribution in [0, 0.1) is 0 Å². The molecule has 214 valence electrons. The number of amides is 1. The molecule has 0 heterocycles. The molecule has 9 heteroatoms. The lowest BCUT2D eigenvalue weighted by Crippen LogP contribution is -2.18. The number of ether oxygens (including phenoxy) is 3. The Kier molecular flexibility index (Phi) is 11.8. The quantitative estimate of drug-likeness (QED) is 0.111. The maximum Gasteiger partial charge on any atom is 0.350 e. The number of esters is 2. The number of unbranched alkanes of at least 4 members (excludes halogenated alkanes) is 4. The maximum atomic E-state index is 12.5. The molecule has 3 aromatic carbocycles. The highest BCUT2D eigenvalue weighted by Gasteiger charge is 2.16. The van der Waals surface area contributed by atoms with E-state index < -0.39 is 23.8 Å². The number of carboxylic acid groups (broad SMARTS) is 1. The van der Waals surface area contributed by atoms with Gasteiger partial charge in [0.25, 0.3) is 5.91 Å². The largest absolute Gasteiger partial charge is 0.494 e. The van der Waals surface area contributed by atoms with Crippen molar-refractivity contribution in [3.8, 4) is 11.5 Å². The van der Waals surface area contributed by atoms with Crippen molar-refractivity contribution in [3.05, 3.63) is 95.1 Å². The third kappa shape index (κ3) is 9.72. The Morgan fingerprint density at radius 3 is 1.88 bits per heavy atom. The van der Waals surface area contributed by atoms with Crippen molar-refractivity contribution < 1.29 is 38.5 Å². The van der Waals surface area contributed by atoms with Crippen LogP contribution in [0.5, 0.6) is 11.5 Å². The normalized spacial score (nSPS) is 11.0. The van der Waals surface area contributed by atoms with Crippen LogP contribution in [-0.2, 0) is 16.0 Å². The molecule has 0 atom stereocenters. The third-order valence-corrected chi connectivity index (χ3v) is 6.15. The van der Waals surface area contributed by atoms with Crippen molar-refractivity contribution in [3.63, 3.8) is 0 Å². The lowest BCUT2D eigenvalue weighted by Gasteiger charge is -2.08. The fraction of sp³-hybridized carbons (Fsp3) is 0.281. The van der Waals surface area contributed by atoms with Crippen molar-refractivity contribution in [2.24, 2.45) is 4.99 Å². The minimum absolute atomic E-state index is 0.126. The predicted octanol–water partition coefficient (Wildman–Crippen LogP) is 5.95. The van der Waals surface area contributed by atoms with Gasteiger partial charge in [0.05, 0.1) is 24.8 Å². The molecule has 0 unspecified atom stereocenters. The van der Waals surface area contributed by atoms with Gasteiger partial charge in [0.2, 0.25) is 0 Å².